The molecule has 2 rings (SSSR count). The zero-order valence-corrected chi connectivity index (χ0v) is 11.4. The van der Waals surface area contributed by atoms with Crippen molar-refractivity contribution in [3.05, 3.63) is 29.8 Å². The fraction of sp³-hybridized carbons (Fsp3) is 0.533. The topological polar surface area (TPSA) is 65.0 Å². The fourth-order valence-electron chi connectivity index (χ4n) is 2.04. The Balaban J connectivity index is 1.59. The SMILES string of the molecule is O=C(O)c1ccc(OCCCOC2CCOCC2)cc1. The number of rotatable bonds is 7. The summed E-state index contributed by atoms with van der Waals surface area (Å²) in [5, 5.41) is 8.78. The van der Waals surface area contributed by atoms with E-state index in [1.165, 1.54) is 12.1 Å². The Bertz CT molecular complexity index is 409. The summed E-state index contributed by atoms with van der Waals surface area (Å²) < 4.78 is 16.5. The molecular formula is C15H20O5. The van der Waals surface area contributed by atoms with E-state index in [2.05, 4.69) is 0 Å². The maximum Gasteiger partial charge on any atom is 0.335 e. The molecule has 20 heavy (non-hydrogen) atoms. The first kappa shape index (κ1) is 14.8. The van der Waals surface area contributed by atoms with E-state index >= 15 is 0 Å². The van der Waals surface area contributed by atoms with Crippen LogP contribution in [0, 0.1) is 0 Å². The van der Waals surface area contributed by atoms with Crippen molar-refractivity contribution in [3.8, 4) is 5.75 Å². The average Bonchev–Trinajstić information content (AvgIpc) is 2.48. The van der Waals surface area contributed by atoms with Crippen LogP contribution in [0.15, 0.2) is 24.3 Å². The molecule has 5 nitrogen and oxygen atoms in total. The van der Waals surface area contributed by atoms with Crippen LogP contribution in [0.3, 0.4) is 0 Å². The van der Waals surface area contributed by atoms with Gasteiger partial charge in [0.25, 0.3) is 0 Å². The van der Waals surface area contributed by atoms with Crippen molar-refractivity contribution in [1.82, 2.24) is 0 Å². The third kappa shape index (κ3) is 4.83. The standard InChI is InChI=1S/C15H20O5/c16-15(17)12-2-4-13(5-3-12)19-8-1-9-20-14-6-10-18-11-7-14/h2-5,14H,1,6-11H2,(H,16,17). The lowest BCUT2D eigenvalue weighted by Gasteiger charge is -2.22. The molecule has 1 N–H and O–H groups in total. The van der Waals surface area contributed by atoms with Crippen molar-refractivity contribution >= 4 is 5.97 Å². The summed E-state index contributed by atoms with van der Waals surface area (Å²) >= 11 is 0. The van der Waals surface area contributed by atoms with E-state index in [0.717, 1.165) is 32.5 Å². The van der Waals surface area contributed by atoms with E-state index in [4.69, 9.17) is 19.3 Å². The molecule has 0 amide bonds. The van der Waals surface area contributed by atoms with Crippen LogP contribution in [0.1, 0.15) is 29.6 Å². The molecule has 1 heterocycles. The van der Waals surface area contributed by atoms with Crippen LogP contribution in [0.2, 0.25) is 0 Å². The maximum absolute atomic E-state index is 10.7. The second kappa shape index (κ2) is 7.87. The smallest absolute Gasteiger partial charge is 0.335 e. The van der Waals surface area contributed by atoms with Gasteiger partial charge in [0, 0.05) is 19.6 Å². The lowest BCUT2D eigenvalue weighted by atomic mass is 10.1. The van der Waals surface area contributed by atoms with E-state index in [1.807, 2.05) is 0 Å². The van der Waals surface area contributed by atoms with Gasteiger partial charge in [0.15, 0.2) is 0 Å². The van der Waals surface area contributed by atoms with Gasteiger partial charge in [-0.1, -0.05) is 0 Å². The number of hydrogen-bond acceptors (Lipinski definition) is 4. The number of carboxylic acids is 1. The number of hydrogen-bond donors (Lipinski definition) is 1. The predicted octanol–water partition coefficient (Wildman–Crippen LogP) is 2.35. The summed E-state index contributed by atoms with van der Waals surface area (Å²) in [5.74, 6) is -0.248. The third-order valence-corrected chi connectivity index (χ3v) is 3.18. The number of ether oxygens (including phenoxy) is 3. The summed E-state index contributed by atoms with van der Waals surface area (Å²) in [6, 6.07) is 6.41. The minimum Gasteiger partial charge on any atom is -0.494 e. The van der Waals surface area contributed by atoms with E-state index in [-0.39, 0.29) is 5.56 Å². The molecule has 1 aliphatic rings. The summed E-state index contributed by atoms with van der Waals surface area (Å²) in [4.78, 5) is 10.7. The summed E-state index contributed by atoms with van der Waals surface area (Å²) in [5.41, 5.74) is 0.264. The lowest BCUT2D eigenvalue weighted by Crippen LogP contribution is -2.24. The Morgan fingerprint density at radius 3 is 2.55 bits per heavy atom. The molecule has 0 saturated carbocycles. The van der Waals surface area contributed by atoms with Gasteiger partial charge >= 0.3 is 5.97 Å². The molecule has 0 aromatic heterocycles. The number of carboxylic acid groups (broad SMARTS) is 1. The molecule has 1 fully saturated rings. The monoisotopic (exact) mass is 280 g/mol. The Hall–Kier alpha value is -1.59. The quantitative estimate of drug-likeness (QED) is 0.777. The van der Waals surface area contributed by atoms with E-state index in [0.29, 0.717) is 25.1 Å². The van der Waals surface area contributed by atoms with Crippen LogP contribution < -0.4 is 4.74 Å². The van der Waals surface area contributed by atoms with Crippen LogP contribution in [0.4, 0.5) is 0 Å². The molecule has 0 bridgehead atoms. The Kier molecular flexibility index (Phi) is 5.83. The lowest BCUT2D eigenvalue weighted by molar-refractivity contribution is -0.0341. The molecule has 1 aliphatic heterocycles. The van der Waals surface area contributed by atoms with Gasteiger partial charge in [-0.2, -0.15) is 0 Å². The van der Waals surface area contributed by atoms with Crippen molar-refractivity contribution in [2.24, 2.45) is 0 Å². The first-order valence-corrected chi connectivity index (χ1v) is 6.91. The molecule has 110 valence electrons. The van der Waals surface area contributed by atoms with Gasteiger partial charge in [0.1, 0.15) is 5.75 Å². The number of carbonyl (C=O) groups is 1. The van der Waals surface area contributed by atoms with Gasteiger partial charge in [-0.3, -0.25) is 0 Å². The highest BCUT2D eigenvalue weighted by atomic mass is 16.5. The molecule has 0 atom stereocenters. The first-order valence-electron chi connectivity index (χ1n) is 6.91. The third-order valence-electron chi connectivity index (χ3n) is 3.18. The average molecular weight is 280 g/mol. The van der Waals surface area contributed by atoms with Crippen molar-refractivity contribution in [3.63, 3.8) is 0 Å². The van der Waals surface area contributed by atoms with Crippen molar-refractivity contribution < 1.29 is 24.1 Å². The molecular weight excluding hydrogens is 260 g/mol. The molecule has 1 saturated heterocycles. The Morgan fingerprint density at radius 2 is 1.90 bits per heavy atom. The second-order valence-corrected chi connectivity index (χ2v) is 4.71. The van der Waals surface area contributed by atoms with E-state index < -0.39 is 5.97 Å². The van der Waals surface area contributed by atoms with Gasteiger partial charge in [0.05, 0.1) is 24.9 Å². The van der Waals surface area contributed by atoms with E-state index in [9.17, 15) is 4.79 Å². The van der Waals surface area contributed by atoms with Gasteiger partial charge in [-0.05, 0) is 37.1 Å². The van der Waals surface area contributed by atoms with Crippen molar-refractivity contribution in [1.29, 1.82) is 0 Å². The summed E-state index contributed by atoms with van der Waals surface area (Å²) in [7, 11) is 0. The predicted molar refractivity (Wildman–Crippen MR) is 73.3 cm³/mol. The Labute approximate surface area is 118 Å². The van der Waals surface area contributed by atoms with Crippen LogP contribution in [-0.4, -0.2) is 43.6 Å². The normalized spacial score (nSPS) is 16.0. The highest BCUT2D eigenvalue weighted by Crippen LogP contribution is 2.13. The zero-order valence-electron chi connectivity index (χ0n) is 11.4. The second-order valence-electron chi connectivity index (χ2n) is 4.71. The fourth-order valence-corrected chi connectivity index (χ4v) is 2.04. The van der Waals surface area contributed by atoms with Crippen LogP contribution in [0.5, 0.6) is 5.75 Å². The molecule has 0 radical (unpaired) electrons. The highest BCUT2D eigenvalue weighted by molar-refractivity contribution is 5.87. The highest BCUT2D eigenvalue weighted by Gasteiger charge is 2.13. The molecule has 0 spiro atoms. The molecule has 1 aromatic rings. The zero-order chi connectivity index (χ0) is 14.2. The van der Waals surface area contributed by atoms with Crippen molar-refractivity contribution in [2.75, 3.05) is 26.4 Å². The van der Waals surface area contributed by atoms with Crippen molar-refractivity contribution in [2.45, 2.75) is 25.4 Å². The van der Waals surface area contributed by atoms with E-state index in [1.54, 1.807) is 12.1 Å². The van der Waals surface area contributed by atoms with Gasteiger partial charge in [-0.15, -0.1) is 0 Å². The maximum atomic E-state index is 10.7. The minimum absolute atomic E-state index is 0.264. The molecule has 1 aromatic carbocycles. The van der Waals surface area contributed by atoms with Crippen LogP contribution in [0.25, 0.3) is 0 Å². The molecule has 5 heteroatoms. The van der Waals surface area contributed by atoms with Gasteiger partial charge in [-0.25, -0.2) is 4.79 Å². The largest absolute Gasteiger partial charge is 0.494 e. The summed E-state index contributed by atoms with van der Waals surface area (Å²) in [6.07, 6.45) is 3.08. The minimum atomic E-state index is -0.929. The van der Waals surface area contributed by atoms with Gasteiger partial charge in [0.2, 0.25) is 0 Å². The number of benzene rings is 1. The molecule has 0 unspecified atom stereocenters. The van der Waals surface area contributed by atoms with Gasteiger partial charge < -0.3 is 19.3 Å². The first-order chi connectivity index (χ1) is 9.75. The summed E-state index contributed by atoms with van der Waals surface area (Å²) in [6.45, 7) is 2.82. The number of aromatic carboxylic acids is 1. The van der Waals surface area contributed by atoms with Crippen LogP contribution >= 0.6 is 0 Å². The molecule has 0 aliphatic carbocycles. The Morgan fingerprint density at radius 1 is 1.20 bits per heavy atom. The van der Waals surface area contributed by atoms with Crippen LogP contribution in [-0.2, 0) is 9.47 Å².